The lowest BCUT2D eigenvalue weighted by Crippen LogP contribution is -2.30. The van der Waals surface area contributed by atoms with Crippen molar-refractivity contribution in [2.24, 2.45) is 0 Å². The largest absolute Gasteiger partial charge is 0.462 e. The minimum absolute atomic E-state index is 0.0854. The van der Waals surface area contributed by atoms with Crippen LogP contribution in [0.3, 0.4) is 0 Å². The molecule has 6 nitrogen and oxygen atoms in total. The Morgan fingerprint density at radius 2 is 0.565 bits per heavy atom. The van der Waals surface area contributed by atoms with Crippen LogP contribution in [0.1, 0.15) is 265 Å². The number of carbonyl (C=O) groups excluding carboxylic acids is 3. The lowest BCUT2D eigenvalue weighted by Gasteiger charge is -2.18. The van der Waals surface area contributed by atoms with E-state index >= 15 is 0 Å². The molecule has 0 aromatic heterocycles. The summed E-state index contributed by atoms with van der Waals surface area (Å²) in [5, 5.41) is 0. The van der Waals surface area contributed by atoms with Gasteiger partial charge < -0.3 is 14.2 Å². The number of rotatable bonds is 51. The summed E-state index contributed by atoms with van der Waals surface area (Å²) in [6.07, 6.45) is 75.8. The molecule has 0 radical (unpaired) electrons. The van der Waals surface area contributed by atoms with E-state index in [2.05, 4.69) is 118 Å². The second kappa shape index (κ2) is 56.9. The minimum atomic E-state index is -0.784. The summed E-state index contributed by atoms with van der Waals surface area (Å²) in [7, 11) is 0. The molecule has 0 bridgehead atoms. The summed E-state index contributed by atoms with van der Waals surface area (Å²) in [5.74, 6) is -0.916. The predicted molar refractivity (Wildman–Crippen MR) is 297 cm³/mol. The Labute approximate surface area is 426 Å². The molecule has 0 heterocycles. The zero-order valence-corrected chi connectivity index (χ0v) is 45.0. The molecular formula is C63H106O6. The molecule has 0 N–H and O–H groups in total. The fourth-order valence-corrected chi connectivity index (χ4v) is 7.77. The van der Waals surface area contributed by atoms with Crippen LogP contribution in [0, 0.1) is 0 Å². The van der Waals surface area contributed by atoms with Crippen LogP contribution in [0.15, 0.2) is 97.2 Å². The number of ether oxygens (including phenoxy) is 3. The molecule has 0 aliphatic rings. The number of hydrogen-bond acceptors (Lipinski definition) is 6. The molecule has 6 heteroatoms. The van der Waals surface area contributed by atoms with Gasteiger partial charge in [0.2, 0.25) is 0 Å². The van der Waals surface area contributed by atoms with Crippen molar-refractivity contribution in [3.05, 3.63) is 97.2 Å². The molecule has 0 saturated heterocycles. The number of hydrogen-bond donors (Lipinski definition) is 0. The molecule has 0 saturated carbocycles. The van der Waals surface area contributed by atoms with E-state index in [1.165, 1.54) is 103 Å². The minimum Gasteiger partial charge on any atom is -0.462 e. The van der Waals surface area contributed by atoms with Crippen molar-refractivity contribution in [1.82, 2.24) is 0 Å². The van der Waals surface area contributed by atoms with Gasteiger partial charge in [0.25, 0.3) is 0 Å². The Morgan fingerprint density at radius 3 is 0.884 bits per heavy atom. The highest BCUT2D eigenvalue weighted by Gasteiger charge is 2.19. The summed E-state index contributed by atoms with van der Waals surface area (Å²) >= 11 is 0. The van der Waals surface area contributed by atoms with Crippen molar-refractivity contribution in [3.63, 3.8) is 0 Å². The third-order valence-electron chi connectivity index (χ3n) is 12.1. The molecule has 1 atom stereocenters. The van der Waals surface area contributed by atoms with E-state index in [-0.39, 0.29) is 31.1 Å². The SMILES string of the molecule is CC/C=C\C/C=C\C/C=C\C/C=C\C/C=C\CCCCCCCCCC(=O)OCC(COC(=O)CCCCCCC)OC(=O)CCCCCCCCCC/C=C\C/C=C\C/C=C\CCCCCCC. The topological polar surface area (TPSA) is 78.9 Å². The summed E-state index contributed by atoms with van der Waals surface area (Å²) in [5.41, 5.74) is 0. The first kappa shape index (κ1) is 65.3. The third kappa shape index (κ3) is 55.1. The average molecular weight is 960 g/mol. The van der Waals surface area contributed by atoms with Crippen LogP contribution in [0.4, 0.5) is 0 Å². The van der Waals surface area contributed by atoms with Crippen molar-refractivity contribution in [2.45, 2.75) is 271 Å². The Bertz CT molecular complexity index is 1380. The third-order valence-corrected chi connectivity index (χ3v) is 12.1. The van der Waals surface area contributed by atoms with Crippen LogP contribution in [0.5, 0.6) is 0 Å². The monoisotopic (exact) mass is 959 g/mol. The van der Waals surface area contributed by atoms with Crippen molar-refractivity contribution in [2.75, 3.05) is 13.2 Å². The van der Waals surface area contributed by atoms with Gasteiger partial charge in [-0.1, -0.05) is 240 Å². The van der Waals surface area contributed by atoms with E-state index < -0.39 is 6.10 Å². The highest BCUT2D eigenvalue weighted by molar-refractivity contribution is 5.71. The van der Waals surface area contributed by atoms with Gasteiger partial charge in [-0.05, 0) is 103 Å². The molecule has 0 aromatic carbocycles. The van der Waals surface area contributed by atoms with Crippen molar-refractivity contribution in [1.29, 1.82) is 0 Å². The molecule has 0 aliphatic heterocycles. The number of carbonyl (C=O) groups is 3. The fourth-order valence-electron chi connectivity index (χ4n) is 7.77. The second-order valence-electron chi connectivity index (χ2n) is 18.8. The Balaban J connectivity index is 4.16. The normalized spacial score (nSPS) is 12.8. The quantitative estimate of drug-likeness (QED) is 0.0262. The lowest BCUT2D eigenvalue weighted by molar-refractivity contribution is -0.167. The van der Waals surface area contributed by atoms with Crippen LogP contribution in [0.25, 0.3) is 0 Å². The van der Waals surface area contributed by atoms with Crippen LogP contribution in [-0.4, -0.2) is 37.2 Å². The zero-order valence-electron chi connectivity index (χ0n) is 45.0. The smallest absolute Gasteiger partial charge is 0.306 e. The average Bonchev–Trinajstić information content (AvgIpc) is 3.35. The van der Waals surface area contributed by atoms with Gasteiger partial charge in [-0.2, -0.15) is 0 Å². The van der Waals surface area contributed by atoms with Crippen LogP contribution in [-0.2, 0) is 28.6 Å². The van der Waals surface area contributed by atoms with Gasteiger partial charge in [0.15, 0.2) is 6.10 Å². The molecule has 1 unspecified atom stereocenters. The zero-order chi connectivity index (χ0) is 50.0. The molecular weight excluding hydrogens is 853 g/mol. The Morgan fingerprint density at radius 1 is 0.304 bits per heavy atom. The van der Waals surface area contributed by atoms with E-state index in [1.54, 1.807) is 0 Å². The van der Waals surface area contributed by atoms with E-state index in [4.69, 9.17) is 14.2 Å². The van der Waals surface area contributed by atoms with Crippen LogP contribution < -0.4 is 0 Å². The molecule has 0 spiro atoms. The summed E-state index contributed by atoms with van der Waals surface area (Å²) in [4.78, 5) is 37.8. The summed E-state index contributed by atoms with van der Waals surface area (Å²) in [6, 6.07) is 0. The maximum Gasteiger partial charge on any atom is 0.306 e. The Hall–Kier alpha value is -3.67. The molecule has 69 heavy (non-hydrogen) atoms. The standard InChI is InChI=1S/C63H106O6/c1-4-7-10-13-15-17-19-21-23-25-27-29-31-33-35-37-39-41-43-45-47-50-53-56-62(65)68-59-60(58-67-61(64)55-52-49-12-9-6-3)69-63(66)57-54-51-48-46-44-42-40-38-36-34-32-30-28-26-24-22-20-18-16-14-11-8-5-2/h7,10,15,17,20-23,26-29,32-35,60H,4-6,8-9,11-14,16,18-19,24-25,30-31,36-59H2,1-3H3/b10-7-,17-15-,22-20-,23-21-,28-26-,29-27-,34-32-,35-33-. The van der Waals surface area contributed by atoms with Gasteiger partial charge in [-0.15, -0.1) is 0 Å². The number of allylic oxidation sites excluding steroid dienone is 16. The van der Waals surface area contributed by atoms with Gasteiger partial charge >= 0.3 is 17.9 Å². The van der Waals surface area contributed by atoms with Crippen LogP contribution in [0.2, 0.25) is 0 Å². The summed E-state index contributed by atoms with van der Waals surface area (Å²) < 4.78 is 16.7. The molecule has 394 valence electrons. The van der Waals surface area contributed by atoms with E-state index in [9.17, 15) is 14.4 Å². The number of esters is 3. The first-order valence-electron chi connectivity index (χ1n) is 28.7. The molecule has 0 rings (SSSR count). The highest BCUT2D eigenvalue weighted by atomic mass is 16.6. The highest BCUT2D eigenvalue weighted by Crippen LogP contribution is 2.14. The van der Waals surface area contributed by atoms with E-state index in [0.29, 0.717) is 19.3 Å². The first-order chi connectivity index (χ1) is 34.0. The van der Waals surface area contributed by atoms with Crippen molar-refractivity contribution < 1.29 is 28.6 Å². The predicted octanol–water partition coefficient (Wildman–Crippen LogP) is 19.3. The molecule has 0 aliphatic carbocycles. The lowest BCUT2D eigenvalue weighted by atomic mass is 10.1. The fraction of sp³-hybridized carbons (Fsp3) is 0.698. The van der Waals surface area contributed by atoms with Gasteiger partial charge in [0, 0.05) is 19.3 Å². The maximum absolute atomic E-state index is 12.8. The van der Waals surface area contributed by atoms with Gasteiger partial charge in [0.05, 0.1) is 0 Å². The van der Waals surface area contributed by atoms with Gasteiger partial charge in [0.1, 0.15) is 13.2 Å². The maximum atomic E-state index is 12.8. The van der Waals surface area contributed by atoms with Gasteiger partial charge in [-0.3, -0.25) is 14.4 Å². The number of unbranched alkanes of at least 4 members (excludes halogenated alkanes) is 24. The molecule has 0 amide bonds. The van der Waals surface area contributed by atoms with E-state index in [0.717, 1.165) is 122 Å². The molecule has 0 fully saturated rings. The van der Waals surface area contributed by atoms with Crippen molar-refractivity contribution in [3.8, 4) is 0 Å². The molecule has 0 aromatic rings. The van der Waals surface area contributed by atoms with Crippen LogP contribution >= 0.6 is 0 Å². The van der Waals surface area contributed by atoms with Crippen molar-refractivity contribution >= 4 is 17.9 Å². The van der Waals surface area contributed by atoms with Gasteiger partial charge in [-0.25, -0.2) is 0 Å². The second-order valence-corrected chi connectivity index (χ2v) is 18.8. The first-order valence-corrected chi connectivity index (χ1v) is 28.7. The van der Waals surface area contributed by atoms with E-state index in [1.807, 2.05) is 0 Å². The Kier molecular flexibility index (Phi) is 53.9. The summed E-state index contributed by atoms with van der Waals surface area (Å²) in [6.45, 7) is 6.42.